The van der Waals surface area contributed by atoms with Crippen molar-refractivity contribution in [3.63, 3.8) is 0 Å². The number of ether oxygens (including phenoxy) is 1. The van der Waals surface area contributed by atoms with Crippen LogP contribution in [0.5, 0.6) is 0 Å². The molecule has 2 unspecified atom stereocenters. The average molecular weight is 318 g/mol. The topological polar surface area (TPSA) is 72.8 Å². The summed E-state index contributed by atoms with van der Waals surface area (Å²) in [5.41, 5.74) is 0.198. The SMILES string of the molecule is CCOC(=O)C(CC)(c1ccc(F)cc1)P(=O)(O)OCC. The van der Waals surface area contributed by atoms with Crippen LogP contribution in [0.3, 0.4) is 0 Å². The maximum Gasteiger partial charge on any atom is 0.349 e. The van der Waals surface area contributed by atoms with Crippen LogP contribution in [0.25, 0.3) is 0 Å². The van der Waals surface area contributed by atoms with Crippen molar-refractivity contribution < 1.29 is 27.9 Å². The van der Waals surface area contributed by atoms with Crippen LogP contribution in [-0.4, -0.2) is 24.1 Å². The zero-order valence-corrected chi connectivity index (χ0v) is 13.2. The third kappa shape index (κ3) is 3.34. The van der Waals surface area contributed by atoms with Gasteiger partial charge in [-0.15, -0.1) is 0 Å². The Labute approximate surface area is 123 Å². The largest absolute Gasteiger partial charge is 0.465 e. The second-order valence-corrected chi connectivity index (χ2v) is 6.44. The Hall–Kier alpha value is -1.23. The normalized spacial score (nSPS) is 16.8. The van der Waals surface area contributed by atoms with Gasteiger partial charge >= 0.3 is 13.6 Å². The lowest BCUT2D eigenvalue weighted by molar-refractivity contribution is -0.147. The van der Waals surface area contributed by atoms with Crippen LogP contribution in [0.2, 0.25) is 0 Å². The summed E-state index contributed by atoms with van der Waals surface area (Å²) in [5.74, 6) is -1.35. The fraction of sp³-hybridized carbons (Fsp3) is 0.500. The summed E-state index contributed by atoms with van der Waals surface area (Å²) in [6.07, 6.45) is -0.00869. The van der Waals surface area contributed by atoms with Gasteiger partial charge < -0.3 is 14.2 Å². The van der Waals surface area contributed by atoms with Crippen LogP contribution in [-0.2, 0) is 23.8 Å². The number of benzene rings is 1. The summed E-state index contributed by atoms with van der Waals surface area (Å²) in [6, 6.07) is 4.87. The van der Waals surface area contributed by atoms with E-state index in [-0.39, 0.29) is 25.2 Å². The highest BCUT2D eigenvalue weighted by Gasteiger charge is 2.56. The summed E-state index contributed by atoms with van der Waals surface area (Å²) < 4.78 is 35.6. The van der Waals surface area contributed by atoms with E-state index in [4.69, 9.17) is 9.26 Å². The summed E-state index contributed by atoms with van der Waals surface area (Å²) in [6.45, 7) is 4.78. The third-order valence-corrected chi connectivity index (χ3v) is 5.56. The highest BCUT2D eigenvalue weighted by Crippen LogP contribution is 2.63. The van der Waals surface area contributed by atoms with Crippen LogP contribution in [0.1, 0.15) is 32.8 Å². The molecule has 0 amide bonds. The molecule has 21 heavy (non-hydrogen) atoms. The Morgan fingerprint density at radius 2 is 1.81 bits per heavy atom. The molecule has 2 atom stereocenters. The van der Waals surface area contributed by atoms with Crippen molar-refractivity contribution in [1.82, 2.24) is 0 Å². The van der Waals surface area contributed by atoms with Gasteiger partial charge in [0.1, 0.15) is 5.82 Å². The van der Waals surface area contributed by atoms with Gasteiger partial charge in [0.15, 0.2) is 5.16 Å². The zero-order valence-electron chi connectivity index (χ0n) is 12.3. The van der Waals surface area contributed by atoms with Gasteiger partial charge in [-0.3, -0.25) is 9.36 Å². The molecule has 0 aliphatic rings. The summed E-state index contributed by atoms with van der Waals surface area (Å²) in [7, 11) is -4.35. The Morgan fingerprint density at radius 1 is 1.24 bits per heavy atom. The Morgan fingerprint density at radius 3 is 2.24 bits per heavy atom. The van der Waals surface area contributed by atoms with E-state index in [1.54, 1.807) is 20.8 Å². The predicted molar refractivity (Wildman–Crippen MR) is 76.5 cm³/mol. The van der Waals surface area contributed by atoms with E-state index in [2.05, 4.69) is 0 Å². The minimum Gasteiger partial charge on any atom is -0.465 e. The zero-order chi connectivity index (χ0) is 16.1. The highest BCUT2D eigenvalue weighted by atomic mass is 31.2. The molecule has 0 aliphatic carbocycles. The van der Waals surface area contributed by atoms with E-state index in [1.165, 1.54) is 12.1 Å². The molecular formula is C14H20FO5P. The molecule has 0 saturated carbocycles. The van der Waals surface area contributed by atoms with E-state index in [9.17, 15) is 18.6 Å². The van der Waals surface area contributed by atoms with Gasteiger partial charge in [0.25, 0.3) is 0 Å². The molecule has 1 aromatic carbocycles. The van der Waals surface area contributed by atoms with Crippen LogP contribution in [0.15, 0.2) is 24.3 Å². The lowest BCUT2D eigenvalue weighted by Crippen LogP contribution is -2.37. The van der Waals surface area contributed by atoms with E-state index < -0.39 is 24.5 Å². The first-order valence-electron chi connectivity index (χ1n) is 6.76. The van der Waals surface area contributed by atoms with Crippen LogP contribution in [0.4, 0.5) is 4.39 Å². The Balaban J connectivity index is 3.49. The maximum absolute atomic E-state index is 13.1. The molecule has 0 aliphatic heterocycles. The van der Waals surface area contributed by atoms with E-state index in [1.807, 2.05) is 0 Å². The van der Waals surface area contributed by atoms with Crippen molar-refractivity contribution in [2.24, 2.45) is 0 Å². The van der Waals surface area contributed by atoms with Crippen molar-refractivity contribution in [2.75, 3.05) is 13.2 Å². The summed E-state index contributed by atoms with van der Waals surface area (Å²) in [5, 5.41) is -1.85. The third-order valence-electron chi connectivity index (χ3n) is 3.23. The smallest absolute Gasteiger partial charge is 0.349 e. The van der Waals surface area contributed by atoms with Gasteiger partial charge in [-0.25, -0.2) is 4.39 Å². The van der Waals surface area contributed by atoms with E-state index in [0.717, 1.165) is 12.1 Å². The van der Waals surface area contributed by atoms with Gasteiger partial charge in [0.05, 0.1) is 13.2 Å². The lowest BCUT2D eigenvalue weighted by Gasteiger charge is -2.33. The standard InChI is InChI=1S/C14H20FO5P/c1-4-14(13(16)19-5-2,21(17,18)20-6-3)11-7-9-12(15)10-8-11/h7-10H,4-6H2,1-3H3,(H,17,18). The molecule has 118 valence electrons. The Kier molecular flexibility index (Phi) is 6.08. The quantitative estimate of drug-likeness (QED) is 0.617. The average Bonchev–Trinajstić information content (AvgIpc) is 2.42. The van der Waals surface area contributed by atoms with Crippen molar-refractivity contribution in [1.29, 1.82) is 0 Å². The molecule has 1 N–H and O–H groups in total. The number of halogens is 1. The van der Waals surface area contributed by atoms with Crippen molar-refractivity contribution in [2.45, 2.75) is 32.3 Å². The fourth-order valence-electron chi connectivity index (χ4n) is 2.21. The molecule has 0 bridgehead atoms. The lowest BCUT2D eigenvalue weighted by atomic mass is 9.95. The van der Waals surface area contributed by atoms with Crippen LogP contribution >= 0.6 is 7.60 Å². The number of hydrogen-bond acceptors (Lipinski definition) is 4. The molecule has 7 heteroatoms. The maximum atomic E-state index is 13.1. The first kappa shape index (κ1) is 17.8. The first-order valence-corrected chi connectivity index (χ1v) is 8.34. The summed E-state index contributed by atoms with van der Waals surface area (Å²) in [4.78, 5) is 22.7. The van der Waals surface area contributed by atoms with E-state index >= 15 is 0 Å². The minimum absolute atomic E-state index is 0.00869. The fourth-order valence-corrected chi connectivity index (χ4v) is 3.95. The monoisotopic (exact) mass is 318 g/mol. The minimum atomic E-state index is -4.35. The van der Waals surface area contributed by atoms with Crippen molar-refractivity contribution in [3.8, 4) is 0 Å². The number of carbonyl (C=O) groups excluding carboxylic acids is 1. The molecule has 1 rings (SSSR count). The van der Waals surface area contributed by atoms with Gasteiger partial charge in [0, 0.05) is 0 Å². The molecule has 0 saturated heterocycles. The molecule has 0 aromatic heterocycles. The number of hydrogen-bond donors (Lipinski definition) is 1. The van der Waals surface area contributed by atoms with Gasteiger partial charge in [-0.1, -0.05) is 19.1 Å². The molecule has 0 radical (unpaired) electrons. The molecular weight excluding hydrogens is 298 g/mol. The molecule has 0 heterocycles. The molecule has 5 nitrogen and oxygen atoms in total. The van der Waals surface area contributed by atoms with Crippen LogP contribution in [0, 0.1) is 5.82 Å². The van der Waals surface area contributed by atoms with E-state index in [0.29, 0.717) is 0 Å². The number of rotatable bonds is 7. The van der Waals surface area contributed by atoms with Gasteiger partial charge in [-0.05, 0) is 38.0 Å². The molecule has 1 aromatic rings. The van der Waals surface area contributed by atoms with Crippen molar-refractivity contribution >= 4 is 13.6 Å². The summed E-state index contributed by atoms with van der Waals surface area (Å²) >= 11 is 0. The van der Waals surface area contributed by atoms with Crippen molar-refractivity contribution in [3.05, 3.63) is 35.6 Å². The number of carbonyl (C=O) groups is 1. The second kappa shape index (κ2) is 7.16. The first-order chi connectivity index (χ1) is 9.85. The van der Waals surface area contributed by atoms with Gasteiger partial charge in [0.2, 0.25) is 0 Å². The highest BCUT2D eigenvalue weighted by molar-refractivity contribution is 7.55. The van der Waals surface area contributed by atoms with Crippen LogP contribution < -0.4 is 0 Å². The predicted octanol–water partition coefficient (Wildman–Crippen LogP) is 3.22. The second-order valence-electron chi connectivity index (χ2n) is 4.38. The van der Waals surface area contributed by atoms with Gasteiger partial charge in [-0.2, -0.15) is 0 Å². The number of esters is 1. The Bertz CT molecular complexity index is 531. The molecule has 0 fully saturated rings. The molecule has 0 spiro atoms.